The second-order valence-corrected chi connectivity index (χ2v) is 16.0. The molecule has 0 bridgehead atoms. The molecule has 1 amide bonds. The summed E-state index contributed by atoms with van der Waals surface area (Å²) in [7, 11) is 0. The van der Waals surface area contributed by atoms with Crippen molar-refractivity contribution in [2.75, 3.05) is 59.3 Å². The van der Waals surface area contributed by atoms with Crippen LogP contribution < -0.4 is 0 Å². The molecule has 8 heteroatoms. The third kappa shape index (κ3) is 40.8. The van der Waals surface area contributed by atoms with Crippen LogP contribution in [0.2, 0.25) is 0 Å². The topological polar surface area (TPSA) is 94.5 Å². The van der Waals surface area contributed by atoms with Crippen LogP contribution in [0, 0.1) is 0 Å². The molecule has 1 N–H and O–H groups in total. The summed E-state index contributed by atoms with van der Waals surface area (Å²) in [6.45, 7) is 11.0. The monoisotopic (exact) mass is 784 g/mol. The quantitative estimate of drug-likeness (QED) is 0.0485. The van der Waals surface area contributed by atoms with E-state index in [1.54, 1.807) is 0 Å². The van der Waals surface area contributed by atoms with Crippen LogP contribution in [0.3, 0.4) is 0 Å². The van der Waals surface area contributed by atoms with Crippen LogP contribution in [-0.2, 0) is 28.5 Å². The summed E-state index contributed by atoms with van der Waals surface area (Å²) in [4.78, 5) is 27.8. The predicted octanol–water partition coefficient (Wildman–Crippen LogP) is 12.3. The molecule has 0 aliphatic carbocycles. The standard InChI is InChI=1S/C47H93NO7/c1-4-7-10-13-14-15-16-17-18-19-20-21-22-24-29-34-46(50)48(37-41-52-42-38-49)36-31-26-23-25-30-35-47(51)55-45(43-53-39-32-27-11-8-5-2)44-54-40-33-28-12-9-6-3/h45,49H,4-44H2,1-3H3. The van der Waals surface area contributed by atoms with Gasteiger partial charge in [0, 0.05) is 39.1 Å². The van der Waals surface area contributed by atoms with Crippen LogP contribution >= 0.6 is 0 Å². The molecule has 0 saturated heterocycles. The van der Waals surface area contributed by atoms with E-state index < -0.39 is 0 Å². The molecule has 0 spiro atoms. The number of aliphatic hydroxyl groups is 1. The van der Waals surface area contributed by atoms with Crippen LogP contribution in [0.4, 0.5) is 0 Å². The highest BCUT2D eigenvalue weighted by atomic mass is 16.6. The highest BCUT2D eigenvalue weighted by molar-refractivity contribution is 5.76. The average Bonchev–Trinajstić information content (AvgIpc) is 3.18. The SMILES string of the molecule is CCCCCCCCCCCCCCCCCC(=O)N(CCCCCCCC(=O)OC(COCCCCCCC)COCCCCCCC)CCOCCO. The molecule has 8 nitrogen and oxygen atoms in total. The highest BCUT2D eigenvalue weighted by Gasteiger charge is 2.16. The fraction of sp³-hybridized carbons (Fsp3) is 0.957. The molecule has 0 fully saturated rings. The number of rotatable bonds is 46. The zero-order valence-corrected chi connectivity index (χ0v) is 36.9. The van der Waals surface area contributed by atoms with Gasteiger partial charge in [0.25, 0.3) is 0 Å². The van der Waals surface area contributed by atoms with E-state index in [1.807, 2.05) is 4.90 Å². The molecule has 0 atom stereocenters. The van der Waals surface area contributed by atoms with E-state index in [2.05, 4.69) is 20.8 Å². The first-order valence-electron chi connectivity index (χ1n) is 23.9. The number of aliphatic hydroxyl groups excluding tert-OH is 1. The first-order chi connectivity index (χ1) is 27.1. The molecule has 0 aliphatic heterocycles. The Labute approximate surface area is 341 Å². The summed E-state index contributed by atoms with van der Waals surface area (Å²) in [5, 5.41) is 9.07. The molecule has 0 radical (unpaired) electrons. The van der Waals surface area contributed by atoms with Crippen molar-refractivity contribution in [2.45, 2.75) is 232 Å². The van der Waals surface area contributed by atoms with Gasteiger partial charge in [-0.1, -0.05) is 181 Å². The lowest BCUT2D eigenvalue weighted by atomic mass is 10.0. The van der Waals surface area contributed by atoms with Gasteiger partial charge in [0.2, 0.25) is 5.91 Å². The molecule has 0 saturated carbocycles. The Bertz CT molecular complexity index is 764. The van der Waals surface area contributed by atoms with Gasteiger partial charge in [-0.15, -0.1) is 0 Å². The van der Waals surface area contributed by atoms with Crippen molar-refractivity contribution < 1.29 is 33.6 Å². The lowest BCUT2D eigenvalue weighted by molar-refractivity contribution is -0.156. The van der Waals surface area contributed by atoms with Crippen molar-refractivity contribution in [1.82, 2.24) is 4.90 Å². The first kappa shape index (κ1) is 53.8. The number of esters is 1. The number of ether oxygens (including phenoxy) is 4. The number of amides is 1. The van der Waals surface area contributed by atoms with Crippen LogP contribution in [0.25, 0.3) is 0 Å². The van der Waals surface area contributed by atoms with E-state index >= 15 is 0 Å². The van der Waals surface area contributed by atoms with E-state index in [0.717, 1.165) is 64.3 Å². The van der Waals surface area contributed by atoms with Gasteiger partial charge in [-0.05, 0) is 32.1 Å². The van der Waals surface area contributed by atoms with Gasteiger partial charge in [0.15, 0.2) is 0 Å². The summed E-state index contributed by atoms with van der Waals surface area (Å²) in [6.07, 6.45) is 37.2. The fourth-order valence-corrected chi connectivity index (χ4v) is 7.02. The smallest absolute Gasteiger partial charge is 0.306 e. The van der Waals surface area contributed by atoms with Crippen LogP contribution in [-0.4, -0.2) is 87.3 Å². The van der Waals surface area contributed by atoms with Gasteiger partial charge in [-0.2, -0.15) is 0 Å². The van der Waals surface area contributed by atoms with Gasteiger partial charge in [0.1, 0.15) is 6.10 Å². The second-order valence-electron chi connectivity index (χ2n) is 16.0. The number of nitrogens with zero attached hydrogens (tertiary/aromatic N) is 1. The largest absolute Gasteiger partial charge is 0.457 e. The Morgan fingerprint density at radius 1 is 0.436 bits per heavy atom. The minimum absolute atomic E-state index is 0.00120. The molecular weight excluding hydrogens is 691 g/mol. The summed E-state index contributed by atoms with van der Waals surface area (Å²) >= 11 is 0. The maximum absolute atomic E-state index is 13.1. The Morgan fingerprint density at radius 2 is 0.836 bits per heavy atom. The van der Waals surface area contributed by atoms with E-state index in [0.29, 0.717) is 59.0 Å². The molecule has 0 heterocycles. The van der Waals surface area contributed by atoms with Gasteiger partial charge < -0.3 is 29.0 Å². The van der Waals surface area contributed by atoms with Crippen LogP contribution in [0.15, 0.2) is 0 Å². The fourth-order valence-electron chi connectivity index (χ4n) is 7.02. The molecular formula is C47H93NO7. The zero-order chi connectivity index (χ0) is 40.1. The molecule has 0 unspecified atom stereocenters. The Hall–Kier alpha value is -1.22. The van der Waals surface area contributed by atoms with Gasteiger partial charge >= 0.3 is 5.97 Å². The number of carbonyl (C=O) groups excluding carboxylic acids is 2. The number of hydrogen-bond donors (Lipinski definition) is 1. The summed E-state index contributed by atoms with van der Waals surface area (Å²) in [5.41, 5.74) is 0. The maximum Gasteiger partial charge on any atom is 0.306 e. The van der Waals surface area contributed by atoms with Gasteiger partial charge in [-0.25, -0.2) is 0 Å². The Morgan fingerprint density at radius 3 is 1.29 bits per heavy atom. The molecule has 0 rings (SSSR count). The van der Waals surface area contributed by atoms with Crippen molar-refractivity contribution in [3.63, 3.8) is 0 Å². The summed E-state index contributed by atoms with van der Waals surface area (Å²) < 4.78 is 23.1. The molecule has 328 valence electrons. The highest BCUT2D eigenvalue weighted by Crippen LogP contribution is 2.15. The number of unbranched alkanes of at least 4 members (excludes halogenated alkanes) is 26. The van der Waals surface area contributed by atoms with Crippen LogP contribution in [0.1, 0.15) is 226 Å². The van der Waals surface area contributed by atoms with Crippen molar-refractivity contribution in [2.24, 2.45) is 0 Å². The number of carbonyl (C=O) groups is 2. The average molecular weight is 784 g/mol. The van der Waals surface area contributed by atoms with Crippen molar-refractivity contribution in [3.05, 3.63) is 0 Å². The maximum atomic E-state index is 13.1. The van der Waals surface area contributed by atoms with Gasteiger partial charge in [0.05, 0.1) is 33.0 Å². The zero-order valence-electron chi connectivity index (χ0n) is 36.9. The Kier molecular flexibility index (Phi) is 44.5. The van der Waals surface area contributed by atoms with Crippen LogP contribution in [0.5, 0.6) is 0 Å². The minimum Gasteiger partial charge on any atom is -0.457 e. The third-order valence-electron chi connectivity index (χ3n) is 10.6. The normalized spacial score (nSPS) is 11.5. The molecule has 0 aliphatic rings. The molecule has 0 aromatic heterocycles. The van der Waals surface area contributed by atoms with E-state index in [4.69, 9.17) is 24.1 Å². The minimum atomic E-state index is -0.349. The van der Waals surface area contributed by atoms with Crippen molar-refractivity contribution >= 4 is 11.9 Å². The van der Waals surface area contributed by atoms with E-state index in [9.17, 15) is 9.59 Å². The number of hydrogen-bond acceptors (Lipinski definition) is 7. The van der Waals surface area contributed by atoms with E-state index in [-0.39, 0.29) is 24.6 Å². The van der Waals surface area contributed by atoms with Crippen molar-refractivity contribution in [3.8, 4) is 0 Å². The first-order valence-corrected chi connectivity index (χ1v) is 23.9. The lowest BCUT2D eigenvalue weighted by Crippen LogP contribution is -2.35. The molecule has 0 aromatic rings. The summed E-state index contributed by atoms with van der Waals surface area (Å²) in [6, 6.07) is 0. The van der Waals surface area contributed by atoms with Gasteiger partial charge in [-0.3, -0.25) is 9.59 Å². The molecule has 55 heavy (non-hydrogen) atoms. The third-order valence-corrected chi connectivity index (χ3v) is 10.6. The summed E-state index contributed by atoms with van der Waals surface area (Å²) in [5.74, 6) is 0.0575. The molecule has 0 aromatic carbocycles. The second kappa shape index (κ2) is 45.5. The predicted molar refractivity (Wildman–Crippen MR) is 231 cm³/mol. The van der Waals surface area contributed by atoms with Crippen molar-refractivity contribution in [1.29, 1.82) is 0 Å². The Balaban J connectivity index is 4.25. The lowest BCUT2D eigenvalue weighted by Gasteiger charge is -2.23. The van der Waals surface area contributed by atoms with E-state index in [1.165, 1.54) is 135 Å².